The Balaban J connectivity index is 1.93. The second kappa shape index (κ2) is 5.81. The predicted octanol–water partition coefficient (Wildman–Crippen LogP) is 3.49. The zero-order valence-corrected chi connectivity index (χ0v) is 13.8. The zero-order valence-electron chi connectivity index (χ0n) is 11.4. The summed E-state index contributed by atoms with van der Waals surface area (Å²) in [6.45, 7) is 0. The molecule has 1 aliphatic carbocycles. The van der Waals surface area contributed by atoms with Crippen LogP contribution in [0.5, 0.6) is 0 Å². The van der Waals surface area contributed by atoms with Crippen LogP contribution in [0.1, 0.15) is 37.6 Å². The summed E-state index contributed by atoms with van der Waals surface area (Å²) in [5.74, 6) is -1.78. The van der Waals surface area contributed by atoms with E-state index in [0.29, 0.717) is 15.0 Å². The molecule has 1 aromatic heterocycles. The zero-order chi connectivity index (χ0) is 15.9. The Morgan fingerprint density at radius 1 is 1.32 bits per heavy atom. The molecular formula is C15H12BrFN2O2S. The van der Waals surface area contributed by atoms with Gasteiger partial charge in [0.15, 0.2) is 0 Å². The molecule has 22 heavy (non-hydrogen) atoms. The molecule has 4 nitrogen and oxygen atoms in total. The Morgan fingerprint density at radius 3 is 2.77 bits per heavy atom. The molecule has 2 aromatic rings. The smallest absolute Gasteiger partial charge is 0.259 e. The first-order chi connectivity index (χ1) is 10.5. The quantitative estimate of drug-likeness (QED) is 0.852. The fraction of sp³-hybridized carbons (Fsp3) is 0.200. The molecule has 0 spiro atoms. The second-order valence-corrected chi connectivity index (χ2v) is 7.02. The van der Waals surface area contributed by atoms with Crippen molar-refractivity contribution in [2.24, 2.45) is 5.73 Å². The minimum Gasteiger partial charge on any atom is -0.365 e. The lowest BCUT2D eigenvalue weighted by atomic mass is 10.1. The lowest BCUT2D eigenvalue weighted by Gasteiger charge is -2.07. The van der Waals surface area contributed by atoms with Crippen LogP contribution in [0.4, 0.5) is 9.39 Å². The summed E-state index contributed by atoms with van der Waals surface area (Å²) in [4.78, 5) is 25.0. The van der Waals surface area contributed by atoms with Crippen molar-refractivity contribution >= 4 is 44.1 Å². The molecule has 0 saturated carbocycles. The van der Waals surface area contributed by atoms with Gasteiger partial charge in [-0.1, -0.05) is 15.9 Å². The van der Waals surface area contributed by atoms with Gasteiger partial charge in [-0.2, -0.15) is 0 Å². The summed E-state index contributed by atoms with van der Waals surface area (Å²) in [5.41, 5.74) is 6.64. The van der Waals surface area contributed by atoms with Gasteiger partial charge < -0.3 is 11.1 Å². The summed E-state index contributed by atoms with van der Waals surface area (Å²) < 4.78 is 14.4. The molecule has 1 heterocycles. The number of amides is 2. The van der Waals surface area contributed by atoms with Crippen LogP contribution in [-0.2, 0) is 12.8 Å². The molecular weight excluding hydrogens is 371 g/mol. The number of halogens is 2. The number of aryl methyl sites for hydroxylation is 1. The number of nitrogens with one attached hydrogen (secondary N) is 1. The van der Waals surface area contributed by atoms with E-state index in [4.69, 9.17) is 5.73 Å². The van der Waals surface area contributed by atoms with E-state index in [1.807, 2.05) is 0 Å². The van der Waals surface area contributed by atoms with Gasteiger partial charge in [0.25, 0.3) is 11.8 Å². The van der Waals surface area contributed by atoms with E-state index in [0.717, 1.165) is 29.7 Å². The van der Waals surface area contributed by atoms with Gasteiger partial charge in [-0.15, -0.1) is 11.3 Å². The summed E-state index contributed by atoms with van der Waals surface area (Å²) in [7, 11) is 0. The highest BCUT2D eigenvalue weighted by Crippen LogP contribution is 2.39. The van der Waals surface area contributed by atoms with E-state index in [1.54, 1.807) is 6.07 Å². The number of benzene rings is 1. The summed E-state index contributed by atoms with van der Waals surface area (Å²) >= 11 is 4.49. The van der Waals surface area contributed by atoms with E-state index in [1.165, 1.54) is 23.5 Å². The van der Waals surface area contributed by atoms with Crippen molar-refractivity contribution in [1.29, 1.82) is 0 Å². The maximum atomic E-state index is 13.8. The predicted molar refractivity (Wildman–Crippen MR) is 86.9 cm³/mol. The number of carbonyl (C=O) groups is 2. The van der Waals surface area contributed by atoms with Gasteiger partial charge in [-0.05, 0) is 43.0 Å². The SMILES string of the molecule is NC(=O)c1c(NC(=O)c2ccc(Br)cc2F)sc2c1CCC2. The van der Waals surface area contributed by atoms with Crippen LogP contribution in [0.3, 0.4) is 0 Å². The second-order valence-electron chi connectivity index (χ2n) is 5.00. The third-order valence-electron chi connectivity index (χ3n) is 3.57. The van der Waals surface area contributed by atoms with Crippen molar-refractivity contribution in [3.05, 3.63) is 50.1 Å². The third kappa shape index (κ3) is 2.66. The molecule has 0 atom stereocenters. The van der Waals surface area contributed by atoms with E-state index in [-0.39, 0.29) is 5.56 Å². The molecule has 2 amide bonds. The van der Waals surface area contributed by atoms with Gasteiger partial charge in [0.05, 0.1) is 11.1 Å². The summed E-state index contributed by atoms with van der Waals surface area (Å²) in [6, 6.07) is 4.19. The Bertz CT molecular complexity index is 788. The van der Waals surface area contributed by atoms with Crippen LogP contribution in [0, 0.1) is 5.82 Å². The molecule has 3 N–H and O–H groups in total. The summed E-state index contributed by atoms with van der Waals surface area (Å²) in [5, 5.41) is 3.03. The van der Waals surface area contributed by atoms with Crippen LogP contribution in [0.15, 0.2) is 22.7 Å². The molecule has 0 aliphatic heterocycles. The van der Waals surface area contributed by atoms with Gasteiger partial charge in [-0.3, -0.25) is 9.59 Å². The molecule has 0 radical (unpaired) electrons. The van der Waals surface area contributed by atoms with E-state index in [9.17, 15) is 14.0 Å². The maximum absolute atomic E-state index is 13.8. The summed E-state index contributed by atoms with van der Waals surface area (Å²) in [6.07, 6.45) is 2.65. The fourth-order valence-electron chi connectivity index (χ4n) is 2.60. The molecule has 1 aromatic carbocycles. The topological polar surface area (TPSA) is 72.2 Å². The average molecular weight is 383 g/mol. The van der Waals surface area contributed by atoms with Crippen LogP contribution < -0.4 is 11.1 Å². The first-order valence-corrected chi connectivity index (χ1v) is 8.29. The first kappa shape index (κ1) is 15.2. The number of hydrogen-bond acceptors (Lipinski definition) is 3. The number of carbonyl (C=O) groups excluding carboxylic acids is 2. The first-order valence-electron chi connectivity index (χ1n) is 6.68. The molecule has 0 bridgehead atoms. The highest BCUT2D eigenvalue weighted by molar-refractivity contribution is 9.10. The van der Waals surface area contributed by atoms with Gasteiger partial charge >= 0.3 is 0 Å². The van der Waals surface area contributed by atoms with Crippen molar-refractivity contribution in [3.63, 3.8) is 0 Å². The van der Waals surface area contributed by atoms with Gasteiger partial charge in [0.1, 0.15) is 10.8 Å². The lowest BCUT2D eigenvalue weighted by Crippen LogP contribution is -2.18. The molecule has 3 rings (SSSR count). The van der Waals surface area contributed by atoms with Crippen molar-refractivity contribution in [1.82, 2.24) is 0 Å². The van der Waals surface area contributed by atoms with Gasteiger partial charge in [-0.25, -0.2) is 4.39 Å². The van der Waals surface area contributed by atoms with E-state index >= 15 is 0 Å². The molecule has 7 heteroatoms. The molecule has 114 valence electrons. The highest BCUT2D eigenvalue weighted by atomic mass is 79.9. The van der Waals surface area contributed by atoms with Crippen molar-refractivity contribution in [3.8, 4) is 0 Å². The van der Waals surface area contributed by atoms with E-state index < -0.39 is 17.6 Å². The van der Waals surface area contributed by atoms with Gasteiger partial charge in [0, 0.05) is 9.35 Å². The number of fused-ring (bicyclic) bond motifs is 1. The molecule has 1 aliphatic rings. The largest absolute Gasteiger partial charge is 0.365 e. The average Bonchev–Trinajstić information content (AvgIpc) is 2.97. The normalized spacial score (nSPS) is 13.0. The van der Waals surface area contributed by atoms with Crippen LogP contribution in [0.25, 0.3) is 0 Å². The number of nitrogens with two attached hydrogens (primary N) is 1. The monoisotopic (exact) mass is 382 g/mol. The Hall–Kier alpha value is -1.73. The van der Waals surface area contributed by atoms with Crippen LogP contribution in [-0.4, -0.2) is 11.8 Å². The van der Waals surface area contributed by atoms with E-state index in [2.05, 4.69) is 21.2 Å². The number of primary amides is 1. The third-order valence-corrected chi connectivity index (χ3v) is 5.27. The Kier molecular flexibility index (Phi) is 4.01. The van der Waals surface area contributed by atoms with Gasteiger partial charge in [0.2, 0.25) is 0 Å². The minimum absolute atomic E-state index is 0.0767. The maximum Gasteiger partial charge on any atom is 0.259 e. The standard InChI is InChI=1S/C15H12BrFN2O2S/c16-7-4-5-8(10(17)6-7)14(21)19-15-12(13(18)20)9-2-1-3-11(9)22-15/h4-6H,1-3H2,(H2,18,20)(H,19,21). The Labute approximate surface area is 138 Å². The minimum atomic E-state index is -0.628. The molecule has 0 saturated heterocycles. The molecule has 0 fully saturated rings. The lowest BCUT2D eigenvalue weighted by molar-refractivity contribution is 0.100. The van der Waals surface area contributed by atoms with Crippen LogP contribution >= 0.6 is 27.3 Å². The number of hydrogen-bond donors (Lipinski definition) is 2. The van der Waals surface area contributed by atoms with Crippen molar-refractivity contribution in [2.75, 3.05) is 5.32 Å². The van der Waals surface area contributed by atoms with Crippen LogP contribution in [0.2, 0.25) is 0 Å². The fourth-order valence-corrected chi connectivity index (χ4v) is 4.22. The van der Waals surface area contributed by atoms with Crippen molar-refractivity contribution in [2.45, 2.75) is 19.3 Å². The number of rotatable bonds is 3. The van der Waals surface area contributed by atoms with Crippen molar-refractivity contribution < 1.29 is 14.0 Å². The highest BCUT2D eigenvalue weighted by Gasteiger charge is 2.26. The number of anilines is 1. The molecule has 0 unspecified atom stereocenters. The number of thiophene rings is 1. The Morgan fingerprint density at radius 2 is 2.09 bits per heavy atom.